The summed E-state index contributed by atoms with van der Waals surface area (Å²) in [6.07, 6.45) is 2.45. The molecule has 4 rings (SSSR count). The molecule has 1 N–H and O–H groups in total. The zero-order valence-corrected chi connectivity index (χ0v) is 19.1. The number of aromatic nitrogens is 2. The van der Waals surface area contributed by atoms with Crippen LogP contribution in [0.4, 0.5) is 0 Å². The van der Waals surface area contributed by atoms with E-state index in [1.165, 1.54) is 0 Å². The number of hydrogen-bond acceptors (Lipinski definition) is 4. The zero-order chi connectivity index (χ0) is 22.9. The third-order valence-corrected chi connectivity index (χ3v) is 5.99. The number of carbonyl (C=O) groups is 2. The quantitative estimate of drug-likeness (QED) is 0.609. The van der Waals surface area contributed by atoms with Crippen molar-refractivity contribution in [2.75, 3.05) is 6.54 Å². The van der Waals surface area contributed by atoms with Crippen molar-refractivity contribution in [3.05, 3.63) is 65.5 Å². The Labute approximate surface area is 188 Å². The molecule has 1 aliphatic rings. The first-order chi connectivity index (χ1) is 15.3. The van der Waals surface area contributed by atoms with Crippen LogP contribution < -0.4 is 5.32 Å². The van der Waals surface area contributed by atoms with Gasteiger partial charge in [0.2, 0.25) is 5.91 Å². The van der Waals surface area contributed by atoms with Crippen LogP contribution in [-0.2, 0) is 17.9 Å². The van der Waals surface area contributed by atoms with Crippen molar-refractivity contribution < 1.29 is 14.0 Å². The molecule has 168 valence electrons. The lowest BCUT2D eigenvalue weighted by Crippen LogP contribution is -2.63. The molecule has 7 nitrogen and oxygen atoms in total. The molecule has 0 unspecified atom stereocenters. The molecule has 32 heavy (non-hydrogen) atoms. The predicted octanol–water partition coefficient (Wildman–Crippen LogP) is 4.03. The molecule has 2 amide bonds. The van der Waals surface area contributed by atoms with Gasteiger partial charge in [0.25, 0.3) is 5.91 Å². The van der Waals surface area contributed by atoms with Gasteiger partial charge in [-0.05, 0) is 43.9 Å². The monoisotopic (exact) mass is 434 g/mol. The number of carbonyl (C=O) groups excluding carboxylic acids is 2. The van der Waals surface area contributed by atoms with E-state index in [2.05, 4.69) is 24.3 Å². The fourth-order valence-corrected chi connectivity index (χ4v) is 4.09. The molecule has 7 heteroatoms. The fourth-order valence-electron chi connectivity index (χ4n) is 4.09. The van der Waals surface area contributed by atoms with Gasteiger partial charge in [-0.25, -0.2) is 0 Å². The molecule has 1 aromatic carbocycles. The molecule has 2 aromatic heterocycles. The number of fused-ring (bicyclic) bond motifs is 1. The van der Waals surface area contributed by atoms with Crippen LogP contribution >= 0.6 is 0 Å². The smallest absolute Gasteiger partial charge is 0.273 e. The van der Waals surface area contributed by atoms with Gasteiger partial charge in [0.05, 0.1) is 12.8 Å². The number of rotatable bonds is 7. The minimum absolute atomic E-state index is 0.167. The number of aryl methyl sites for hydroxylation is 1. The molecule has 0 saturated heterocycles. The van der Waals surface area contributed by atoms with Gasteiger partial charge in [0, 0.05) is 19.2 Å². The summed E-state index contributed by atoms with van der Waals surface area (Å²) in [6.45, 7) is 9.27. The molecular formula is C25H30N4O3. The van der Waals surface area contributed by atoms with E-state index < -0.39 is 5.54 Å². The highest BCUT2D eigenvalue weighted by molar-refractivity contribution is 6.00. The van der Waals surface area contributed by atoms with Gasteiger partial charge in [0.1, 0.15) is 16.9 Å². The van der Waals surface area contributed by atoms with Crippen molar-refractivity contribution in [3.8, 4) is 11.5 Å². The molecule has 0 spiro atoms. The summed E-state index contributed by atoms with van der Waals surface area (Å²) in [5, 5.41) is 7.63. The topological polar surface area (TPSA) is 80.4 Å². The molecule has 0 saturated carbocycles. The zero-order valence-electron chi connectivity index (χ0n) is 19.1. The maximum absolute atomic E-state index is 13.6. The fraction of sp³-hybridized carbons (Fsp3) is 0.400. The van der Waals surface area contributed by atoms with Crippen molar-refractivity contribution in [1.29, 1.82) is 0 Å². The van der Waals surface area contributed by atoms with Crippen LogP contribution in [-0.4, -0.2) is 38.6 Å². The molecule has 3 heterocycles. The molecule has 1 aliphatic heterocycles. The Hall–Kier alpha value is -3.35. The van der Waals surface area contributed by atoms with E-state index in [0.717, 1.165) is 17.5 Å². The van der Waals surface area contributed by atoms with Crippen LogP contribution in [0.5, 0.6) is 0 Å². The van der Waals surface area contributed by atoms with Crippen LogP contribution in [0.1, 0.15) is 48.8 Å². The molecular weight excluding hydrogens is 404 g/mol. The van der Waals surface area contributed by atoms with E-state index in [9.17, 15) is 9.59 Å². The summed E-state index contributed by atoms with van der Waals surface area (Å²) in [5.41, 5.74) is 2.06. The number of nitrogens with one attached hydrogen (secondary N) is 1. The van der Waals surface area contributed by atoms with E-state index in [1.807, 2.05) is 38.1 Å². The van der Waals surface area contributed by atoms with Crippen LogP contribution in [0.2, 0.25) is 0 Å². The van der Waals surface area contributed by atoms with Crippen molar-refractivity contribution in [2.45, 2.75) is 52.7 Å². The van der Waals surface area contributed by atoms with Gasteiger partial charge in [-0.2, -0.15) is 5.10 Å². The Kier molecular flexibility index (Phi) is 5.91. The van der Waals surface area contributed by atoms with E-state index in [4.69, 9.17) is 4.42 Å². The Morgan fingerprint density at radius 2 is 2.06 bits per heavy atom. The first kappa shape index (κ1) is 21.9. The SMILES string of the molecule is Cc1cccc(CN2C(=O)c3cc(-c4ccco4)nn3C[C@]2(C)C(=O)NCCC(C)C)c1. The second-order valence-corrected chi connectivity index (χ2v) is 9.14. The number of hydrogen-bond donors (Lipinski definition) is 1. The van der Waals surface area contributed by atoms with Gasteiger partial charge in [-0.3, -0.25) is 14.3 Å². The molecule has 0 fully saturated rings. The lowest BCUT2D eigenvalue weighted by Gasteiger charge is -2.43. The van der Waals surface area contributed by atoms with Gasteiger partial charge in [-0.15, -0.1) is 0 Å². The van der Waals surface area contributed by atoms with Gasteiger partial charge < -0.3 is 14.6 Å². The van der Waals surface area contributed by atoms with E-state index in [-0.39, 0.29) is 18.4 Å². The summed E-state index contributed by atoms with van der Waals surface area (Å²) in [6, 6.07) is 13.3. The van der Waals surface area contributed by atoms with Crippen molar-refractivity contribution in [3.63, 3.8) is 0 Å². The minimum Gasteiger partial charge on any atom is -0.463 e. The first-order valence-electron chi connectivity index (χ1n) is 11.1. The van der Waals surface area contributed by atoms with Gasteiger partial charge in [0.15, 0.2) is 5.76 Å². The largest absolute Gasteiger partial charge is 0.463 e. The molecule has 3 aromatic rings. The van der Waals surface area contributed by atoms with E-state index in [0.29, 0.717) is 36.2 Å². The predicted molar refractivity (Wildman–Crippen MR) is 122 cm³/mol. The summed E-state index contributed by atoms with van der Waals surface area (Å²) >= 11 is 0. The van der Waals surface area contributed by atoms with Crippen LogP contribution in [0.25, 0.3) is 11.5 Å². The highest BCUT2D eigenvalue weighted by atomic mass is 16.3. The highest BCUT2D eigenvalue weighted by Gasteiger charge is 2.48. The molecule has 0 bridgehead atoms. The number of amides is 2. The average molecular weight is 435 g/mol. The Morgan fingerprint density at radius 1 is 1.25 bits per heavy atom. The molecule has 0 aliphatic carbocycles. The summed E-state index contributed by atoms with van der Waals surface area (Å²) in [5.74, 6) is 0.686. The average Bonchev–Trinajstić information content (AvgIpc) is 3.40. The second kappa shape index (κ2) is 8.65. The van der Waals surface area contributed by atoms with E-state index >= 15 is 0 Å². The summed E-state index contributed by atoms with van der Waals surface area (Å²) in [4.78, 5) is 28.7. The lowest BCUT2D eigenvalue weighted by atomic mass is 9.93. The summed E-state index contributed by atoms with van der Waals surface area (Å²) in [7, 11) is 0. The Morgan fingerprint density at radius 3 is 2.75 bits per heavy atom. The third kappa shape index (κ3) is 4.20. The normalized spacial score (nSPS) is 18.2. The molecule has 1 atom stereocenters. The third-order valence-electron chi connectivity index (χ3n) is 5.99. The highest BCUT2D eigenvalue weighted by Crippen LogP contribution is 2.31. The van der Waals surface area contributed by atoms with Gasteiger partial charge >= 0.3 is 0 Å². The van der Waals surface area contributed by atoms with Crippen LogP contribution in [0.3, 0.4) is 0 Å². The second-order valence-electron chi connectivity index (χ2n) is 9.14. The maximum atomic E-state index is 13.6. The Balaban J connectivity index is 1.69. The minimum atomic E-state index is -1.07. The number of benzene rings is 1. The Bertz CT molecular complexity index is 1120. The van der Waals surface area contributed by atoms with Crippen molar-refractivity contribution >= 4 is 11.8 Å². The van der Waals surface area contributed by atoms with Crippen LogP contribution in [0, 0.1) is 12.8 Å². The number of nitrogens with zero attached hydrogens (tertiary/aromatic N) is 3. The maximum Gasteiger partial charge on any atom is 0.273 e. The first-order valence-corrected chi connectivity index (χ1v) is 11.1. The standard InChI is InChI=1S/C25H30N4O3/c1-17(2)10-11-26-24(31)25(4)16-29-21(14-20(27-29)22-9-6-12-32-22)23(30)28(25)15-19-8-5-7-18(3)13-19/h5-9,12-14,17H,10-11,15-16H2,1-4H3,(H,26,31)/t25-/m1/s1. The molecule has 0 radical (unpaired) electrons. The summed E-state index contributed by atoms with van der Waals surface area (Å²) < 4.78 is 7.10. The van der Waals surface area contributed by atoms with E-state index in [1.54, 1.807) is 34.0 Å². The van der Waals surface area contributed by atoms with Crippen molar-refractivity contribution in [1.82, 2.24) is 20.0 Å². The van der Waals surface area contributed by atoms with Crippen LogP contribution in [0.15, 0.2) is 53.1 Å². The van der Waals surface area contributed by atoms with Gasteiger partial charge in [-0.1, -0.05) is 43.7 Å². The van der Waals surface area contributed by atoms with Crippen molar-refractivity contribution in [2.24, 2.45) is 5.92 Å². The lowest BCUT2D eigenvalue weighted by molar-refractivity contribution is -0.133. The number of furan rings is 1.